The molecule has 0 aliphatic carbocycles. The first-order valence-electron chi connectivity index (χ1n) is 9.34. The van der Waals surface area contributed by atoms with Gasteiger partial charge in [0, 0.05) is 12.8 Å². The Morgan fingerprint density at radius 1 is 1.17 bits per heavy atom. The van der Waals surface area contributed by atoms with Gasteiger partial charge in [-0.3, -0.25) is 14.2 Å². The van der Waals surface area contributed by atoms with Crippen LogP contribution in [0.3, 0.4) is 0 Å². The lowest BCUT2D eigenvalue weighted by atomic mass is 10.1. The molecule has 0 aliphatic heterocycles. The van der Waals surface area contributed by atoms with E-state index in [1.807, 2.05) is 32.0 Å². The Balaban J connectivity index is 1.83. The lowest BCUT2D eigenvalue weighted by Crippen LogP contribution is -2.28. The van der Waals surface area contributed by atoms with Gasteiger partial charge in [0.2, 0.25) is 5.91 Å². The fourth-order valence-electron chi connectivity index (χ4n) is 2.98. The van der Waals surface area contributed by atoms with E-state index < -0.39 is 5.97 Å². The van der Waals surface area contributed by atoms with Crippen LogP contribution in [0.25, 0.3) is 10.2 Å². The van der Waals surface area contributed by atoms with Gasteiger partial charge in [0.1, 0.15) is 22.9 Å². The van der Waals surface area contributed by atoms with Gasteiger partial charge in [-0.2, -0.15) is 0 Å². The number of anilines is 1. The molecule has 1 N–H and O–H groups in total. The Kier molecular flexibility index (Phi) is 6.63. The predicted octanol–water partition coefficient (Wildman–Crippen LogP) is 2.83. The number of nitrogens with zero attached hydrogens (tertiary/aromatic N) is 2. The minimum absolute atomic E-state index is 0.124. The Bertz CT molecular complexity index is 1170. The molecule has 0 radical (unpaired) electrons. The number of aromatic nitrogens is 2. The summed E-state index contributed by atoms with van der Waals surface area (Å²) in [4.78, 5) is 42.7. The first-order valence-corrected chi connectivity index (χ1v) is 10.2. The van der Waals surface area contributed by atoms with Crippen LogP contribution in [0.2, 0.25) is 0 Å². The number of ether oxygens (including phenoxy) is 2. The van der Waals surface area contributed by atoms with Crippen LogP contribution in [-0.4, -0.2) is 41.8 Å². The topological polar surface area (TPSA) is 99.5 Å². The number of rotatable bonds is 7. The smallest absolute Gasteiger partial charge is 0.348 e. The van der Waals surface area contributed by atoms with Gasteiger partial charge >= 0.3 is 5.97 Å². The Morgan fingerprint density at radius 3 is 2.67 bits per heavy atom. The zero-order chi connectivity index (χ0) is 21.8. The Morgan fingerprint density at radius 2 is 1.93 bits per heavy atom. The SMILES string of the molecule is COCCOC(=O)c1sc2ncn(CC(=O)Nc3cccc(C)c3C)c(=O)c2c1C. The van der Waals surface area contributed by atoms with Crippen LogP contribution in [-0.2, 0) is 20.8 Å². The molecule has 1 amide bonds. The van der Waals surface area contributed by atoms with E-state index in [2.05, 4.69) is 10.3 Å². The van der Waals surface area contributed by atoms with Crippen molar-refractivity contribution in [2.24, 2.45) is 0 Å². The molecule has 30 heavy (non-hydrogen) atoms. The summed E-state index contributed by atoms with van der Waals surface area (Å²) in [6.45, 7) is 5.79. The fourth-order valence-corrected chi connectivity index (χ4v) is 4.01. The largest absolute Gasteiger partial charge is 0.459 e. The molecule has 158 valence electrons. The van der Waals surface area contributed by atoms with Crippen molar-refractivity contribution in [3.63, 3.8) is 0 Å². The standard InChI is InChI=1S/C21H23N3O5S/c1-12-6-5-7-15(13(12)2)23-16(25)10-24-11-22-19-17(20(24)26)14(3)18(30-19)21(27)29-9-8-28-4/h5-7,11H,8-10H2,1-4H3,(H,23,25). The van der Waals surface area contributed by atoms with Gasteiger partial charge in [-0.05, 0) is 43.5 Å². The van der Waals surface area contributed by atoms with Gasteiger partial charge in [-0.15, -0.1) is 11.3 Å². The maximum atomic E-state index is 12.9. The fraction of sp³-hybridized carbons (Fsp3) is 0.333. The van der Waals surface area contributed by atoms with Gasteiger partial charge in [-0.25, -0.2) is 9.78 Å². The molecule has 1 aromatic carbocycles. The molecule has 0 unspecified atom stereocenters. The number of fused-ring (bicyclic) bond motifs is 1. The maximum absolute atomic E-state index is 12.9. The molecular formula is C21H23N3O5S. The monoisotopic (exact) mass is 429 g/mol. The highest BCUT2D eigenvalue weighted by molar-refractivity contribution is 7.20. The highest BCUT2D eigenvalue weighted by Crippen LogP contribution is 2.27. The third-order valence-electron chi connectivity index (χ3n) is 4.82. The van der Waals surface area contributed by atoms with Gasteiger partial charge in [0.05, 0.1) is 18.3 Å². The quantitative estimate of drug-likeness (QED) is 0.458. The minimum atomic E-state index is -0.522. The van der Waals surface area contributed by atoms with Crippen LogP contribution in [0.5, 0.6) is 0 Å². The molecule has 0 saturated heterocycles. The molecule has 2 heterocycles. The molecule has 9 heteroatoms. The van der Waals surface area contributed by atoms with Crippen LogP contribution in [0.4, 0.5) is 5.69 Å². The van der Waals surface area contributed by atoms with Crippen LogP contribution in [0, 0.1) is 20.8 Å². The molecule has 3 aromatic rings. The van der Waals surface area contributed by atoms with Crippen LogP contribution >= 0.6 is 11.3 Å². The van der Waals surface area contributed by atoms with Gasteiger partial charge in [-0.1, -0.05) is 12.1 Å². The van der Waals surface area contributed by atoms with Crippen molar-refractivity contribution >= 4 is 39.1 Å². The van der Waals surface area contributed by atoms with Crippen molar-refractivity contribution in [3.05, 3.63) is 56.4 Å². The molecule has 0 fully saturated rings. The first kappa shape index (κ1) is 21.7. The number of aryl methyl sites for hydroxylation is 2. The lowest BCUT2D eigenvalue weighted by Gasteiger charge is -2.11. The van der Waals surface area contributed by atoms with E-state index in [4.69, 9.17) is 9.47 Å². The molecule has 0 saturated carbocycles. The summed E-state index contributed by atoms with van der Waals surface area (Å²) in [5.74, 6) is -0.856. The number of carbonyl (C=O) groups excluding carboxylic acids is 2. The average molecular weight is 429 g/mol. The van der Waals surface area contributed by atoms with Crippen LogP contribution in [0.1, 0.15) is 26.4 Å². The van der Waals surface area contributed by atoms with E-state index in [1.165, 1.54) is 18.0 Å². The van der Waals surface area contributed by atoms with E-state index in [0.29, 0.717) is 26.3 Å². The van der Waals surface area contributed by atoms with Crippen molar-refractivity contribution in [1.29, 1.82) is 0 Å². The second-order valence-electron chi connectivity index (χ2n) is 6.84. The van der Waals surface area contributed by atoms with Gasteiger partial charge in [0.25, 0.3) is 5.56 Å². The molecule has 0 spiro atoms. The second-order valence-corrected chi connectivity index (χ2v) is 7.84. The third-order valence-corrected chi connectivity index (χ3v) is 6.00. The van der Waals surface area contributed by atoms with E-state index in [0.717, 1.165) is 22.5 Å². The minimum Gasteiger partial charge on any atom is -0.459 e. The number of nitrogens with one attached hydrogen (secondary N) is 1. The summed E-state index contributed by atoms with van der Waals surface area (Å²) in [6, 6.07) is 5.64. The molecule has 0 atom stereocenters. The van der Waals surface area contributed by atoms with Crippen LogP contribution in [0.15, 0.2) is 29.3 Å². The summed E-state index contributed by atoms with van der Waals surface area (Å²) in [6.07, 6.45) is 1.32. The normalized spacial score (nSPS) is 10.9. The van der Waals surface area contributed by atoms with Crippen molar-refractivity contribution < 1.29 is 19.1 Å². The second kappa shape index (κ2) is 9.19. The predicted molar refractivity (Wildman–Crippen MR) is 115 cm³/mol. The number of hydrogen-bond donors (Lipinski definition) is 1. The zero-order valence-corrected chi connectivity index (χ0v) is 18.1. The number of benzene rings is 1. The lowest BCUT2D eigenvalue weighted by molar-refractivity contribution is -0.116. The maximum Gasteiger partial charge on any atom is 0.348 e. The van der Waals surface area contributed by atoms with Crippen molar-refractivity contribution in [2.75, 3.05) is 25.6 Å². The van der Waals surface area contributed by atoms with Gasteiger partial charge < -0.3 is 14.8 Å². The molecule has 0 bridgehead atoms. The molecule has 2 aromatic heterocycles. The van der Waals surface area contributed by atoms with E-state index in [-0.39, 0.29) is 31.2 Å². The summed E-state index contributed by atoms with van der Waals surface area (Å²) in [7, 11) is 1.52. The number of thiophene rings is 1. The Labute approximate surface area is 177 Å². The number of esters is 1. The highest BCUT2D eigenvalue weighted by atomic mass is 32.1. The van der Waals surface area contributed by atoms with E-state index in [9.17, 15) is 14.4 Å². The zero-order valence-electron chi connectivity index (χ0n) is 17.3. The van der Waals surface area contributed by atoms with Gasteiger partial charge in [0.15, 0.2) is 0 Å². The highest BCUT2D eigenvalue weighted by Gasteiger charge is 2.21. The van der Waals surface area contributed by atoms with E-state index >= 15 is 0 Å². The third kappa shape index (κ3) is 4.42. The van der Waals surface area contributed by atoms with E-state index in [1.54, 1.807) is 6.92 Å². The Hall–Kier alpha value is -3.04. The molecule has 3 rings (SSSR count). The van der Waals surface area contributed by atoms with Crippen molar-refractivity contribution in [2.45, 2.75) is 27.3 Å². The summed E-state index contributed by atoms with van der Waals surface area (Å²) in [5.41, 5.74) is 2.86. The number of carbonyl (C=O) groups is 2. The van der Waals surface area contributed by atoms with Crippen molar-refractivity contribution in [1.82, 2.24) is 9.55 Å². The van der Waals surface area contributed by atoms with Crippen molar-refractivity contribution in [3.8, 4) is 0 Å². The summed E-state index contributed by atoms with van der Waals surface area (Å²) >= 11 is 1.10. The number of amides is 1. The molecule has 0 aliphatic rings. The average Bonchev–Trinajstić information content (AvgIpc) is 3.05. The summed E-state index contributed by atoms with van der Waals surface area (Å²) < 4.78 is 11.3. The first-order chi connectivity index (χ1) is 14.3. The molecule has 8 nitrogen and oxygen atoms in total. The van der Waals surface area contributed by atoms with Crippen LogP contribution < -0.4 is 10.9 Å². The summed E-state index contributed by atoms with van der Waals surface area (Å²) in [5, 5.41) is 3.15. The number of methoxy groups -OCH3 is 1. The molecular weight excluding hydrogens is 406 g/mol. The number of hydrogen-bond acceptors (Lipinski definition) is 7.